The summed E-state index contributed by atoms with van der Waals surface area (Å²) in [4.78, 5) is 33.5. The molecule has 2 amide bonds. The molecule has 1 heterocycles. The largest absolute Gasteiger partial charge is 0.497 e. The van der Waals surface area contributed by atoms with Gasteiger partial charge in [0.2, 0.25) is 5.91 Å². The van der Waals surface area contributed by atoms with Crippen LogP contribution in [0.4, 0.5) is 0 Å². The maximum Gasteiger partial charge on any atom is 0.475 e. The van der Waals surface area contributed by atoms with Crippen molar-refractivity contribution in [3.05, 3.63) is 89.5 Å². The normalized spacial score (nSPS) is 12.4. The van der Waals surface area contributed by atoms with Crippen molar-refractivity contribution in [3.8, 4) is 5.75 Å². The van der Waals surface area contributed by atoms with Crippen LogP contribution in [0.5, 0.6) is 5.75 Å². The Hall–Kier alpha value is -3.76. The second-order valence-electron chi connectivity index (χ2n) is 7.88. The quantitative estimate of drug-likeness (QED) is 0.335. The van der Waals surface area contributed by atoms with Crippen LogP contribution in [0.3, 0.4) is 0 Å². The lowest BCUT2D eigenvalue weighted by Gasteiger charge is -2.22. The molecule has 0 aliphatic rings. The van der Waals surface area contributed by atoms with Gasteiger partial charge in [-0.25, -0.2) is 4.98 Å². The molecule has 176 valence electrons. The van der Waals surface area contributed by atoms with E-state index in [-0.39, 0.29) is 18.5 Å². The Labute approximate surface area is 198 Å². The van der Waals surface area contributed by atoms with E-state index >= 15 is 0 Å². The molecule has 10 heteroatoms. The number of ether oxygens (including phenoxy) is 1. The number of methoxy groups -OCH3 is 1. The highest BCUT2D eigenvalue weighted by Crippen LogP contribution is 2.22. The van der Waals surface area contributed by atoms with Gasteiger partial charge in [-0.2, -0.15) is 0 Å². The van der Waals surface area contributed by atoms with Gasteiger partial charge >= 0.3 is 7.12 Å². The molecule has 2 atom stereocenters. The molecule has 34 heavy (non-hydrogen) atoms. The molecule has 2 aromatic carbocycles. The highest BCUT2D eigenvalue weighted by atomic mass is 16.5. The predicted octanol–water partition coefficient (Wildman–Crippen LogP) is 1.39. The molecule has 0 saturated heterocycles. The number of nitrogens with one attached hydrogen (secondary N) is 2. The second kappa shape index (κ2) is 11.9. The molecule has 0 aliphatic heterocycles. The summed E-state index contributed by atoms with van der Waals surface area (Å²) in [5.74, 6) is -1.30. The van der Waals surface area contributed by atoms with Gasteiger partial charge in [-0.1, -0.05) is 42.0 Å². The molecular weight excluding hydrogens is 435 g/mol. The van der Waals surface area contributed by atoms with Crippen LogP contribution in [0.25, 0.3) is 0 Å². The van der Waals surface area contributed by atoms with Crippen LogP contribution >= 0.6 is 0 Å². The lowest BCUT2D eigenvalue weighted by molar-refractivity contribution is -0.122. The van der Waals surface area contributed by atoms with Crippen molar-refractivity contribution in [2.75, 3.05) is 7.11 Å². The molecule has 0 radical (unpaired) electrons. The zero-order chi connectivity index (χ0) is 24.5. The Kier molecular flexibility index (Phi) is 8.72. The average Bonchev–Trinajstić information content (AvgIpc) is 2.83. The van der Waals surface area contributed by atoms with E-state index in [4.69, 9.17) is 4.74 Å². The zero-order valence-corrected chi connectivity index (χ0v) is 19.0. The molecule has 1 aromatic heterocycles. The Balaban J connectivity index is 1.76. The maximum absolute atomic E-state index is 12.9. The Morgan fingerprint density at radius 1 is 1.09 bits per heavy atom. The number of amides is 2. The van der Waals surface area contributed by atoms with Gasteiger partial charge in [0.1, 0.15) is 11.4 Å². The van der Waals surface area contributed by atoms with Crippen molar-refractivity contribution < 1.29 is 24.4 Å². The number of aryl methyl sites for hydroxylation is 1. The summed E-state index contributed by atoms with van der Waals surface area (Å²) in [5, 5.41) is 25.2. The first-order valence-corrected chi connectivity index (χ1v) is 10.8. The average molecular weight is 462 g/mol. The van der Waals surface area contributed by atoms with Gasteiger partial charge < -0.3 is 25.4 Å². The van der Waals surface area contributed by atoms with E-state index in [1.807, 2.05) is 31.2 Å². The van der Waals surface area contributed by atoms with Crippen molar-refractivity contribution in [1.29, 1.82) is 0 Å². The fourth-order valence-electron chi connectivity index (χ4n) is 3.53. The van der Waals surface area contributed by atoms with Crippen LogP contribution in [-0.4, -0.2) is 52.0 Å². The monoisotopic (exact) mass is 462 g/mol. The van der Waals surface area contributed by atoms with E-state index in [1.54, 1.807) is 24.3 Å². The number of benzene rings is 2. The van der Waals surface area contributed by atoms with Gasteiger partial charge in [0.15, 0.2) is 0 Å². The van der Waals surface area contributed by atoms with Crippen molar-refractivity contribution in [2.45, 2.75) is 31.7 Å². The van der Waals surface area contributed by atoms with Crippen molar-refractivity contribution >= 4 is 18.9 Å². The smallest absolute Gasteiger partial charge is 0.475 e. The van der Waals surface area contributed by atoms with Gasteiger partial charge in [-0.3, -0.25) is 14.6 Å². The number of nitrogens with zero attached hydrogens (tertiary/aromatic N) is 2. The second-order valence-corrected chi connectivity index (χ2v) is 7.88. The van der Waals surface area contributed by atoms with Gasteiger partial charge in [0.25, 0.3) is 5.91 Å². The predicted molar refractivity (Wildman–Crippen MR) is 127 cm³/mol. The minimum atomic E-state index is -1.76. The first-order valence-electron chi connectivity index (χ1n) is 10.8. The molecule has 3 aromatic rings. The van der Waals surface area contributed by atoms with Gasteiger partial charge in [-0.15, -0.1) is 0 Å². The van der Waals surface area contributed by atoms with Crippen LogP contribution in [-0.2, 0) is 11.2 Å². The van der Waals surface area contributed by atoms with Gasteiger partial charge in [-0.05, 0) is 36.6 Å². The van der Waals surface area contributed by atoms with E-state index in [1.165, 1.54) is 25.7 Å². The van der Waals surface area contributed by atoms with Crippen LogP contribution in [0.1, 0.15) is 39.6 Å². The summed E-state index contributed by atoms with van der Waals surface area (Å²) in [5.41, 5.74) is 2.64. The molecule has 4 N–H and O–H groups in total. The third kappa shape index (κ3) is 7.13. The van der Waals surface area contributed by atoms with E-state index in [9.17, 15) is 19.6 Å². The number of hydrogen-bond acceptors (Lipinski definition) is 7. The molecule has 0 saturated carbocycles. The standard InChI is InChI=1S/C24H27BN4O5/c1-16-5-3-6-17(11-16)12-22(25(32)33)29-23(30)14-20(18-7-4-8-19(13-18)34-2)28-24(31)21-15-26-9-10-27-21/h3-11,13,15,20,22,32-33H,12,14H2,1-2H3,(H,28,31)(H,29,30). The summed E-state index contributed by atoms with van der Waals surface area (Å²) in [6.45, 7) is 1.94. The van der Waals surface area contributed by atoms with Crippen molar-refractivity contribution in [3.63, 3.8) is 0 Å². The first kappa shape index (κ1) is 24.9. The molecule has 2 unspecified atom stereocenters. The molecule has 0 bridgehead atoms. The summed E-state index contributed by atoms with van der Waals surface area (Å²) < 4.78 is 5.27. The van der Waals surface area contributed by atoms with E-state index < -0.39 is 30.9 Å². The maximum atomic E-state index is 12.9. The first-order chi connectivity index (χ1) is 16.4. The third-order valence-electron chi connectivity index (χ3n) is 5.23. The molecule has 0 fully saturated rings. The number of carbonyl (C=O) groups is 2. The minimum Gasteiger partial charge on any atom is -0.497 e. The van der Waals surface area contributed by atoms with Crippen LogP contribution in [0.2, 0.25) is 0 Å². The van der Waals surface area contributed by atoms with E-state index in [2.05, 4.69) is 20.6 Å². The topological polar surface area (TPSA) is 134 Å². The molecule has 0 spiro atoms. The number of aromatic nitrogens is 2. The molecule has 0 aliphatic carbocycles. The van der Waals surface area contributed by atoms with Crippen LogP contribution < -0.4 is 15.4 Å². The third-order valence-corrected chi connectivity index (χ3v) is 5.23. The number of carbonyl (C=O) groups excluding carboxylic acids is 2. The van der Waals surface area contributed by atoms with Crippen LogP contribution in [0.15, 0.2) is 67.1 Å². The van der Waals surface area contributed by atoms with E-state index in [0.717, 1.165) is 11.1 Å². The highest BCUT2D eigenvalue weighted by Gasteiger charge is 2.28. The molecular formula is C24H27BN4O5. The minimum absolute atomic E-state index is 0.110. The lowest BCUT2D eigenvalue weighted by atomic mass is 9.75. The SMILES string of the molecule is COc1cccc(C(CC(=O)NC(Cc2cccc(C)c2)B(O)O)NC(=O)c2cnccn2)c1. The number of rotatable bonds is 10. The summed E-state index contributed by atoms with van der Waals surface area (Å²) in [6.07, 6.45) is 4.29. The summed E-state index contributed by atoms with van der Waals surface area (Å²) in [7, 11) is -0.230. The number of hydrogen-bond donors (Lipinski definition) is 4. The highest BCUT2D eigenvalue weighted by molar-refractivity contribution is 6.43. The van der Waals surface area contributed by atoms with Gasteiger partial charge in [0.05, 0.1) is 31.7 Å². The zero-order valence-electron chi connectivity index (χ0n) is 19.0. The Bertz CT molecular complexity index is 1110. The van der Waals surface area contributed by atoms with E-state index in [0.29, 0.717) is 11.3 Å². The summed E-state index contributed by atoms with van der Waals surface area (Å²) >= 11 is 0. The Morgan fingerprint density at radius 3 is 2.56 bits per heavy atom. The molecule has 9 nitrogen and oxygen atoms in total. The summed E-state index contributed by atoms with van der Waals surface area (Å²) in [6, 6.07) is 13.9. The fraction of sp³-hybridized carbons (Fsp3) is 0.250. The Morgan fingerprint density at radius 2 is 1.88 bits per heavy atom. The van der Waals surface area contributed by atoms with Crippen molar-refractivity contribution in [2.24, 2.45) is 0 Å². The van der Waals surface area contributed by atoms with Crippen LogP contribution in [0, 0.1) is 6.92 Å². The van der Waals surface area contributed by atoms with Gasteiger partial charge in [0, 0.05) is 12.4 Å². The lowest BCUT2D eigenvalue weighted by Crippen LogP contribution is -2.48. The molecule has 3 rings (SSSR count). The fourth-order valence-corrected chi connectivity index (χ4v) is 3.53. The van der Waals surface area contributed by atoms with Crippen molar-refractivity contribution in [1.82, 2.24) is 20.6 Å².